The van der Waals surface area contributed by atoms with Gasteiger partial charge in [-0.1, -0.05) is 23.7 Å². The number of ketones is 1. The summed E-state index contributed by atoms with van der Waals surface area (Å²) in [5, 5.41) is 0.755. The minimum atomic E-state index is 0.115. The normalized spacial score (nSPS) is 31.8. The number of carbonyl (C=O) groups excluding carboxylic acids is 1. The lowest BCUT2D eigenvalue weighted by atomic mass is 9.80. The van der Waals surface area contributed by atoms with E-state index in [0.29, 0.717) is 11.7 Å². The lowest BCUT2D eigenvalue weighted by Crippen LogP contribution is -2.56. The predicted octanol–water partition coefficient (Wildman–Crippen LogP) is 2.55. The van der Waals surface area contributed by atoms with Crippen LogP contribution in [0.5, 0.6) is 0 Å². The van der Waals surface area contributed by atoms with Crippen LogP contribution in [0.2, 0.25) is 5.02 Å². The van der Waals surface area contributed by atoms with Crippen LogP contribution in [0, 0.1) is 5.92 Å². The van der Waals surface area contributed by atoms with E-state index < -0.39 is 0 Å². The van der Waals surface area contributed by atoms with Crippen molar-refractivity contribution in [1.29, 1.82) is 0 Å². The lowest BCUT2D eigenvalue weighted by Gasteiger charge is -2.44. The first-order valence-electron chi connectivity index (χ1n) is 6.26. The van der Waals surface area contributed by atoms with Gasteiger partial charge in [-0.2, -0.15) is 0 Å². The highest BCUT2D eigenvalue weighted by molar-refractivity contribution is 6.30. The van der Waals surface area contributed by atoms with E-state index in [1.807, 2.05) is 24.3 Å². The van der Waals surface area contributed by atoms with Crippen LogP contribution < -0.4 is 0 Å². The van der Waals surface area contributed by atoms with Gasteiger partial charge >= 0.3 is 0 Å². The Morgan fingerprint density at radius 1 is 1.18 bits per heavy atom. The molecule has 0 saturated carbocycles. The molecule has 1 atom stereocenters. The average molecular weight is 250 g/mol. The van der Waals surface area contributed by atoms with E-state index in [1.165, 1.54) is 5.56 Å². The zero-order valence-electron chi connectivity index (χ0n) is 9.73. The van der Waals surface area contributed by atoms with E-state index in [9.17, 15) is 4.79 Å². The number of carbonyl (C=O) groups is 1. The fourth-order valence-corrected chi connectivity index (χ4v) is 3.15. The molecule has 0 spiro atoms. The monoisotopic (exact) mass is 249 g/mol. The van der Waals surface area contributed by atoms with E-state index in [4.69, 9.17) is 11.6 Å². The minimum Gasteiger partial charge on any atom is -0.298 e. The van der Waals surface area contributed by atoms with Crippen LogP contribution in [0.3, 0.4) is 0 Å². The van der Waals surface area contributed by atoms with E-state index in [0.717, 1.165) is 37.4 Å². The maximum Gasteiger partial charge on any atom is 0.153 e. The van der Waals surface area contributed by atoms with Crippen LogP contribution in [-0.2, 0) is 11.2 Å². The van der Waals surface area contributed by atoms with Crippen molar-refractivity contribution in [3.05, 3.63) is 34.9 Å². The topological polar surface area (TPSA) is 20.3 Å². The van der Waals surface area contributed by atoms with Gasteiger partial charge in [0.2, 0.25) is 0 Å². The summed E-state index contributed by atoms with van der Waals surface area (Å²) < 4.78 is 0. The summed E-state index contributed by atoms with van der Waals surface area (Å²) in [4.78, 5) is 14.5. The quantitative estimate of drug-likeness (QED) is 0.803. The molecule has 17 heavy (non-hydrogen) atoms. The molecule has 3 aliphatic heterocycles. The molecule has 3 heteroatoms. The third kappa shape index (κ3) is 2.12. The van der Waals surface area contributed by atoms with Gasteiger partial charge in [0.05, 0.1) is 6.04 Å². The Kier molecular flexibility index (Phi) is 2.93. The van der Waals surface area contributed by atoms with Crippen LogP contribution in [0.15, 0.2) is 24.3 Å². The second-order valence-electron chi connectivity index (χ2n) is 5.06. The number of halogens is 1. The summed E-state index contributed by atoms with van der Waals surface area (Å²) in [7, 11) is 0. The van der Waals surface area contributed by atoms with Gasteiger partial charge in [-0.3, -0.25) is 9.69 Å². The number of benzene rings is 1. The predicted molar refractivity (Wildman–Crippen MR) is 68.2 cm³/mol. The third-order valence-corrected chi connectivity index (χ3v) is 4.30. The van der Waals surface area contributed by atoms with Crippen molar-refractivity contribution in [1.82, 2.24) is 4.90 Å². The molecule has 3 saturated heterocycles. The largest absolute Gasteiger partial charge is 0.298 e. The Morgan fingerprint density at radius 3 is 2.41 bits per heavy atom. The standard InChI is InChI=1S/C14H16ClNO/c15-12-3-1-10(2-4-12)9-13-14(17)11-5-7-16(13)8-6-11/h1-4,11,13H,5-9H2/t13-/m0/s1. The van der Waals surface area contributed by atoms with Crippen molar-refractivity contribution >= 4 is 17.4 Å². The Morgan fingerprint density at radius 2 is 1.82 bits per heavy atom. The van der Waals surface area contributed by atoms with Crippen molar-refractivity contribution in [3.8, 4) is 0 Å². The number of hydrogen-bond acceptors (Lipinski definition) is 2. The maximum atomic E-state index is 12.2. The second-order valence-corrected chi connectivity index (χ2v) is 5.50. The second kappa shape index (κ2) is 4.43. The highest BCUT2D eigenvalue weighted by Crippen LogP contribution is 2.30. The lowest BCUT2D eigenvalue weighted by molar-refractivity contribution is -0.136. The van der Waals surface area contributed by atoms with Crippen LogP contribution in [-0.4, -0.2) is 29.8 Å². The number of Topliss-reactive ketones (excluding diaryl/α,β-unsaturated/α-hetero) is 1. The Bertz CT molecular complexity index is 420. The van der Waals surface area contributed by atoms with E-state index in [1.54, 1.807) is 0 Å². The molecule has 1 aromatic rings. The average Bonchev–Trinajstić information content (AvgIpc) is 2.37. The molecule has 0 unspecified atom stereocenters. The maximum absolute atomic E-state index is 12.2. The van der Waals surface area contributed by atoms with Gasteiger partial charge < -0.3 is 0 Å². The molecule has 4 rings (SSSR count). The van der Waals surface area contributed by atoms with Gasteiger partial charge in [0, 0.05) is 10.9 Å². The van der Waals surface area contributed by atoms with E-state index >= 15 is 0 Å². The SMILES string of the molecule is O=C1C2CCN(CC2)[C@H]1Cc1ccc(Cl)cc1. The van der Waals surface area contributed by atoms with Crippen molar-refractivity contribution in [3.63, 3.8) is 0 Å². The van der Waals surface area contributed by atoms with Crippen LogP contribution in [0.25, 0.3) is 0 Å². The molecule has 3 aliphatic rings. The summed E-state index contributed by atoms with van der Waals surface area (Å²) in [6, 6.07) is 7.97. The molecule has 0 aliphatic carbocycles. The molecule has 0 radical (unpaired) electrons. The number of fused-ring (bicyclic) bond motifs is 3. The molecular formula is C14H16ClNO. The Balaban J connectivity index is 1.76. The minimum absolute atomic E-state index is 0.115. The first-order valence-corrected chi connectivity index (χ1v) is 6.64. The molecule has 1 aromatic carbocycles. The number of hydrogen-bond donors (Lipinski definition) is 0. The number of rotatable bonds is 2. The third-order valence-electron chi connectivity index (χ3n) is 4.04. The van der Waals surface area contributed by atoms with Gasteiger partial charge in [0.25, 0.3) is 0 Å². The van der Waals surface area contributed by atoms with Gasteiger partial charge in [0.1, 0.15) is 0 Å². The summed E-state index contributed by atoms with van der Waals surface area (Å²) in [6.45, 7) is 2.18. The van der Waals surface area contributed by atoms with Crippen LogP contribution in [0.4, 0.5) is 0 Å². The molecule has 2 bridgehead atoms. The fourth-order valence-electron chi connectivity index (χ4n) is 3.02. The fraction of sp³-hybridized carbons (Fsp3) is 0.500. The highest BCUT2D eigenvalue weighted by Gasteiger charge is 2.40. The molecular weight excluding hydrogens is 234 g/mol. The summed E-state index contributed by atoms with van der Waals surface area (Å²) in [5.41, 5.74) is 1.21. The van der Waals surface area contributed by atoms with Crippen LogP contribution in [0.1, 0.15) is 18.4 Å². The van der Waals surface area contributed by atoms with E-state index in [2.05, 4.69) is 4.90 Å². The summed E-state index contributed by atoms with van der Waals surface area (Å²) in [5.74, 6) is 0.787. The number of nitrogens with zero attached hydrogens (tertiary/aromatic N) is 1. The van der Waals surface area contributed by atoms with Gasteiger partial charge in [-0.25, -0.2) is 0 Å². The van der Waals surface area contributed by atoms with Crippen molar-refractivity contribution in [2.45, 2.75) is 25.3 Å². The summed E-state index contributed by atoms with van der Waals surface area (Å²) >= 11 is 5.87. The van der Waals surface area contributed by atoms with Gasteiger partial charge in [0.15, 0.2) is 5.78 Å². The molecule has 0 aromatic heterocycles. The van der Waals surface area contributed by atoms with Crippen molar-refractivity contribution < 1.29 is 4.79 Å². The first kappa shape index (κ1) is 11.2. The molecule has 0 N–H and O–H groups in total. The molecule has 3 heterocycles. The van der Waals surface area contributed by atoms with Crippen molar-refractivity contribution in [2.75, 3.05) is 13.1 Å². The highest BCUT2D eigenvalue weighted by atomic mass is 35.5. The summed E-state index contributed by atoms with van der Waals surface area (Å²) in [6.07, 6.45) is 2.97. The molecule has 0 amide bonds. The smallest absolute Gasteiger partial charge is 0.153 e. The zero-order valence-corrected chi connectivity index (χ0v) is 10.5. The van der Waals surface area contributed by atoms with Crippen molar-refractivity contribution in [2.24, 2.45) is 5.92 Å². The molecule has 90 valence electrons. The zero-order chi connectivity index (χ0) is 11.8. The van der Waals surface area contributed by atoms with Gasteiger partial charge in [-0.05, 0) is 50.0 Å². The molecule has 3 fully saturated rings. The van der Waals surface area contributed by atoms with Gasteiger partial charge in [-0.15, -0.1) is 0 Å². The Labute approximate surface area is 107 Å². The van der Waals surface area contributed by atoms with E-state index in [-0.39, 0.29) is 6.04 Å². The number of piperidine rings is 3. The van der Waals surface area contributed by atoms with Crippen LogP contribution >= 0.6 is 11.6 Å². The Hall–Kier alpha value is -0.860. The molecule has 2 nitrogen and oxygen atoms in total. The first-order chi connectivity index (χ1) is 8.24.